The SMILES string of the molecule is CCOC(=O)C1CCN(C(=O)CN(C)C(=O)c2ccc(CN(CC)CC)cc2)CC1. The second-order valence-corrected chi connectivity index (χ2v) is 7.73. The van der Waals surface area contributed by atoms with Crippen LogP contribution in [0.1, 0.15) is 49.5 Å². The Labute approximate surface area is 180 Å². The predicted octanol–water partition coefficient (Wildman–Crippen LogP) is 2.40. The number of carbonyl (C=O) groups excluding carboxylic acids is 3. The van der Waals surface area contributed by atoms with Crippen molar-refractivity contribution in [2.75, 3.05) is 46.4 Å². The van der Waals surface area contributed by atoms with Crippen LogP contribution in [0.3, 0.4) is 0 Å². The van der Waals surface area contributed by atoms with Crippen LogP contribution in [0.4, 0.5) is 0 Å². The first-order valence-corrected chi connectivity index (χ1v) is 10.9. The number of ether oxygens (including phenoxy) is 1. The van der Waals surface area contributed by atoms with Crippen LogP contribution >= 0.6 is 0 Å². The summed E-state index contributed by atoms with van der Waals surface area (Å²) in [6.07, 6.45) is 1.21. The van der Waals surface area contributed by atoms with Gasteiger partial charge in [-0.1, -0.05) is 26.0 Å². The van der Waals surface area contributed by atoms with Gasteiger partial charge in [-0.25, -0.2) is 0 Å². The molecule has 0 radical (unpaired) electrons. The van der Waals surface area contributed by atoms with Gasteiger partial charge in [-0.05, 0) is 50.6 Å². The topological polar surface area (TPSA) is 70.2 Å². The number of likely N-dealkylation sites (N-methyl/N-ethyl adjacent to an activating group) is 1. The molecule has 1 aromatic rings. The number of rotatable bonds is 9. The lowest BCUT2D eigenvalue weighted by Gasteiger charge is -2.32. The van der Waals surface area contributed by atoms with Crippen molar-refractivity contribution < 1.29 is 19.1 Å². The van der Waals surface area contributed by atoms with Crippen molar-refractivity contribution in [3.05, 3.63) is 35.4 Å². The highest BCUT2D eigenvalue weighted by atomic mass is 16.5. The molecule has 166 valence electrons. The molecule has 0 unspecified atom stereocenters. The van der Waals surface area contributed by atoms with Gasteiger partial charge in [0.25, 0.3) is 5.91 Å². The van der Waals surface area contributed by atoms with E-state index in [4.69, 9.17) is 4.74 Å². The van der Waals surface area contributed by atoms with E-state index in [0.29, 0.717) is 38.1 Å². The number of carbonyl (C=O) groups is 3. The Hall–Kier alpha value is -2.41. The minimum absolute atomic E-state index is 0.0319. The molecule has 7 nitrogen and oxygen atoms in total. The van der Waals surface area contributed by atoms with Gasteiger partial charge in [0.1, 0.15) is 0 Å². The third kappa shape index (κ3) is 6.55. The van der Waals surface area contributed by atoms with Crippen molar-refractivity contribution in [3.63, 3.8) is 0 Å². The first kappa shape index (κ1) is 23.9. The molecule has 0 N–H and O–H groups in total. The van der Waals surface area contributed by atoms with E-state index in [9.17, 15) is 14.4 Å². The molecule has 0 atom stereocenters. The van der Waals surface area contributed by atoms with Crippen LogP contribution in [0.15, 0.2) is 24.3 Å². The lowest BCUT2D eigenvalue weighted by Crippen LogP contribution is -2.45. The monoisotopic (exact) mass is 417 g/mol. The van der Waals surface area contributed by atoms with E-state index in [1.165, 1.54) is 10.5 Å². The minimum atomic E-state index is -0.179. The lowest BCUT2D eigenvalue weighted by molar-refractivity contribution is -0.151. The first-order chi connectivity index (χ1) is 14.4. The van der Waals surface area contributed by atoms with E-state index < -0.39 is 0 Å². The smallest absolute Gasteiger partial charge is 0.309 e. The van der Waals surface area contributed by atoms with Crippen LogP contribution in [0.5, 0.6) is 0 Å². The minimum Gasteiger partial charge on any atom is -0.466 e. The molecular weight excluding hydrogens is 382 g/mol. The summed E-state index contributed by atoms with van der Waals surface area (Å²) in [6, 6.07) is 7.60. The summed E-state index contributed by atoms with van der Waals surface area (Å²) < 4.78 is 5.07. The highest BCUT2D eigenvalue weighted by Gasteiger charge is 2.29. The maximum absolute atomic E-state index is 12.7. The second kappa shape index (κ2) is 11.7. The Morgan fingerprint density at radius 2 is 1.63 bits per heavy atom. The van der Waals surface area contributed by atoms with Gasteiger partial charge in [-0.3, -0.25) is 19.3 Å². The maximum Gasteiger partial charge on any atom is 0.309 e. The summed E-state index contributed by atoms with van der Waals surface area (Å²) in [4.78, 5) is 42.6. The Kier molecular flexibility index (Phi) is 9.30. The van der Waals surface area contributed by atoms with E-state index >= 15 is 0 Å². The number of likely N-dealkylation sites (tertiary alicyclic amines) is 1. The van der Waals surface area contributed by atoms with Gasteiger partial charge in [0.05, 0.1) is 19.1 Å². The summed E-state index contributed by atoms with van der Waals surface area (Å²) in [6.45, 7) is 10.3. The number of amides is 2. The highest BCUT2D eigenvalue weighted by molar-refractivity contribution is 5.96. The molecule has 0 aliphatic carbocycles. The fraction of sp³-hybridized carbons (Fsp3) is 0.609. The zero-order chi connectivity index (χ0) is 22.1. The van der Waals surface area contributed by atoms with Crippen LogP contribution in [0, 0.1) is 5.92 Å². The average molecular weight is 418 g/mol. The molecule has 1 fully saturated rings. The van der Waals surface area contributed by atoms with Crippen LogP contribution < -0.4 is 0 Å². The third-order valence-corrected chi connectivity index (χ3v) is 5.69. The standard InChI is InChI=1S/C23H35N3O4/c1-5-25(6-2)16-18-8-10-19(11-9-18)22(28)24(4)17-21(27)26-14-12-20(13-15-26)23(29)30-7-3/h8-11,20H,5-7,12-17H2,1-4H3. The number of benzene rings is 1. The Balaban J connectivity index is 1.85. The molecule has 7 heteroatoms. The van der Waals surface area contributed by atoms with Crippen LogP contribution in [0.25, 0.3) is 0 Å². The second-order valence-electron chi connectivity index (χ2n) is 7.73. The summed E-state index contributed by atoms with van der Waals surface area (Å²) in [5, 5.41) is 0. The first-order valence-electron chi connectivity index (χ1n) is 10.9. The van der Waals surface area contributed by atoms with E-state index in [0.717, 1.165) is 19.6 Å². The number of piperidine rings is 1. The van der Waals surface area contributed by atoms with Gasteiger partial charge in [0.15, 0.2) is 0 Å². The lowest BCUT2D eigenvalue weighted by atomic mass is 9.97. The number of hydrogen-bond acceptors (Lipinski definition) is 5. The average Bonchev–Trinajstić information content (AvgIpc) is 2.77. The quantitative estimate of drug-likeness (QED) is 0.577. The van der Waals surface area contributed by atoms with Crippen molar-refractivity contribution in [1.82, 2.24) is 14.7 Å². The molecule has 0 spiro atoms. The van der Waals surface area contributed by atoms with Gasteiger partial charge >= 0.3 is 5.97 Å². The largest absolute Gasteiger partial charge is 0.466 e. The van der Waals surface area contributed by atoms with Crippen molar-refractivity contribution in [1.29, 1.82) is 0 Å². The number of hydrogen-bond donors (Lipinski definition) is 0. The Morgan fingerprint density at radius 3 is 2.17 bits per heavy atom. The number of esters is 1. The summed E-state index contributed by atoms with van der Waals surface area (Å²) in [7, 11) is 1.65. The molecule has 1 aromatic carbocycles. The summed E-state index contributed by atoms with van der Waals surface area (Å²) >= 11 is 0. The zero-order valence-corrected chi connectivity index (χ0v) is 18.7. The van der Waals surface area contributed by atoms with E-state index in [2.05, 4.69) is 18.7 Å². The van der Waals surface area contributed by atoms with Crippen molar-refractivity contribution >= 4 is 17.8 Å². The highest BCUT2D eigenvalue weighted by Crippen LogP contribution is 2.19. The van der Waals surface area contributed by atoms with Crippen molar-refractivity contribution in [3.8, 4) is 0 Å². The molecule has 0 saturated carbocycles. The molecule has 1 aliphatic rings. The van der Waals surface area contributed by atoms with Gasteiger partial charge in [-0.2, -0.15) is 0 Å². The fourth-order valence-electron chi connectivity index (χ4n) is 3.68. The van der Waals surface area contributed by atoms with Gasteiger partial charge < -0.3 is 14.5 Å². The molecule has 0 bridgehead atoms. The summed E-state index contributed by atoms with van der Waals surface area (Å²) in [5.74, 6) is -0.574. The van der Waals surface area contributed by atoms with Crippen LogP contribution in [0.2, 0.25) is 0 Å². The van der Waals surface area contributed by atoms with Gasteiger partial charge in [-0.15, -0.1) is 0 Å². The van der Waals surface area contributed by atoms with Crippen LogP contribution in [-0.4, -0.2) is 78.9 Å². The van der Waals surface area contributed by atoms with E-state index in [1.807, 2.05) is 24.3 Å². The predicted molar refractivity (Wildman–Crippen MR) is 116 cm³/mol. The molecule has 2 rings (SSSR count). The molecule has 1 aliphatic heterocycles. The molecule has 1 saturated heterocycles. The molecule has 30 heavy (non-hydrogen) atoms. The molecule has 2 amide bonds. The Bertz CT molecular complexity index is 708. The normalized spacial score (nSPS) is 14.6. The van der Waals surface area contributed by atoms with Crippen LogP contribution in [-0.2, 0) is 20.9 Å². The maximum atomic E-state index is 12.7. The van der Waals surface area contributed by atoms with E-state index in [1.54, 1.807) is 18.9 Å². The molecular formula is C23H35N3O4. The van der Waals surface area contributed by atoms with Crippen molar-refractivity contribution in [2.45, 2.75) is 40.2 Å². The molecule has 1 heterocycles. The van der Waals surface area contributed by atoms with Gasteiger partial charge in [0.2, 0.25) is 5.91 Å². The zero-order valence-electron chi connectivity index (χ0n) is 18.7. The number of nitrogens with zero attached hydrogens (tertiary/aromatic N) is 3. The van der Waals surface area contributed by atoms with Crippen molar-refractivity contribution in [2.24, 2.45) is 5.92 Å². The van der Waals surface area contributed by atoms with Gasteiger partial charge in [0, 0.05) is 32.2 Å². The fourth-order valence-corrected chi connectivity index (χ4v) is 3.68. The molecule has 0 aromatic heterocycles. The Morgan fingerprint density at radius 1 is 1.03 bits per heavy atom. The van der Waals surface area contributed by atoms with E-state index in [-0.39, 0.29) is 30.2 Å². The summed E-state index contributed by atoms with van der Waals surface area (Å²) in [5.41, 5.74) is 1.74. The third-order valence-electron chi connectivity index (χ3n) is 5.69.